The Labute approximate surface area is 196 Å². The van der Waals surface area contributed by atoms with Gasteiger partial charge in [-0.3, -0.25) is 4.79 Å². The maximum Gasteiger partial charge on any atom is 0.471 e. The topological polar surface area (TPSA) is 75.7 Å². The van der Waals surface area contributed by atoms with Crippen molar-refractivity contribution in [3.05, 3.63) is 29.8 Å². The molecule has 11 heteroatoms. The van der Waals surface area contributed by atoms with Crippen molar-refractivity contribution in [2.75, 3.05) is 26.2 Å². The van der Waals surface area contributed by atoms with Crippen LogP contribution in [0.15, 0.2) is 29.2 Å². The monoisotopic (exact) mass is 508 g/mol. The quantitative estimate of drug-likeness (QED) is 0.419. The largest absolute Gasteiger partial charge is 0.471 e. The van der Waals surface area contributed by atoms with Crippen molar-refractivity contribution in [1.29, 1.82) is 0 Å². The highest BCUT2D eigenvalue weighted by atomic mass is 32.2. The van der Waals surface area contributed by atoms with Gasteiger partial charge in [0.25, 0.3) is 0 Å². The molecule has 1 heterocycles. The minimum Gasteiger partial charge on any atom is -0.415 e. The van der Waals surface area contributed by atoms with Gasteiger partial charge in [-0.1, -0.05) is 32.9 Å². The normalized spacial score (nSPS) is 16.8. The molecule has 0 unspecified atom stereocenters. The Morgan fingerprint density at radius 3 is 2.15 bits per heavy atom. The first-order valence-electron chi connectivity index (χ1n) is 11.1. The molecule has 1 amide bonds. The van der Waals surface area contributed by atoms with E-state index in [9.17, 15) is 26.4 Å². The molecule has 2 rings (SSSR count). The number of nitrogens with zero attached hydrogens (tertiary/aromatic N) is 1. The van der Waals surface area contributed by atoms with Gasteiger partial charge in [0.15, 0.2) is 8.32 Å². The van der Waals surface area contributed by atoms with Crippen molar-refractivity contribution < 1.29 is 30.8 Å². The van der Waals surface area contributed by atoms with E-state index < -0.39 is 30.4 Å². The van der Waals surface area contributed by atoms with Gasteiger partial charge < -0.3 is 9.33 Å². The van der Waals surface area contributed by atoms with Crippen LogP contribution < -0.4 is 4.72 Å². The molecule has 0 spiro atoms. The summed E-state index contributed by atoms with van der Waals surface area (Å²) in [7, 11) is -5.60. The van der Waals surface area contributed by atoms with Crippen molar-refractivity contribution >= 4 is 24.2 Å². The lowest BCUT2D eigenvalue weighted by Crippen LogP contribution is -2.45. The van der Waals surface area contributed by atoms with Gasteiger partial charge in [-0.2, -0.15) is 13.2 Å². The summed E-state index contributed by atoms with van der Waals surface area (Å²) in [5, 5.41) is 0.0478. The first-order chi connectivity index (χ1) is 15.0. The first-order valence-corrected chi connectivity index (χ1v) is 15.5. The zero-order chi connectivity index (χ0) is 25.1. The molecule has 0 radical (unpaired) electrons. The number of benzene rings is 1. The second kappa shape index (κ2) is 10.5. The molecule has 33 heavy (non-hydrogen) atoms. The number of rotatable bonds is 8. The Morgan fingerprint density at radius 2 is 1.67 bits per heavy atom. The molecule has 0 atom stereocenters. The van der Waals surface area contributed by atoms with Crippen LogP contribution in [0.2, 0.25) is 18.1 Å². The number of piperidine rings is 1. The van der Waals surface area contributed by atoms with Gasteiger partial charge in [0, 0.05) is 26.2 Å². The number of carbonyl (C=O) groups excluding carboxylic acids is 1. The zero-order valence-corrected chi connectivity index (χ0v) is 21.8. The van der Waals surface area contributed by atoms with Crippen LogP contribution >= 0.6 is 0 Å². The maximum absolute atomic E-state index is 12.6. The van der Waals surface area contributed by atoms with Crippen molar-refractivity contribution in [3.63, 3.8) is 0 Å². The number of halogens is 3. The molecule has 0 bridgehead atoms. The molecule has 1 aliphatic rings. The van der Waals surface area contributed by atoms with Crippen LogP contribution in [0.5, 0.6) is 0 Å². The highest BCUT2D eigenvalue weighted by Crippen LogP contribution is 2.36. The number of nitrogens with one attached hydrogen (secondary N) is 1. The van der Waals surface area contributed by atoms with E-state index in [4.69, 9.17) is 4.43 Å². The Kier molecular flexibility index (Phi) is 8.81. The zero-order valence-electron chi connectivity index (χ0n) is 20.0. The number of hydrogen-bond acceptors (Lipinski definition) is 4. The molecule has 1 N–H and O–H groups in total. The van der Waals surface area contributed by atoms with Crippen molar-refractivity contribution in [2.24, 2.45) is 5.92 Å². The minimum atomic E-state index is -4.83. The molecule has 6 nitrogen and oxygen atoms in total. The van der Waals surface area contributed by atoms with Gasteiger partial charge in [-0.05, 0) is 61.0 Å². The third-order valence-corrected chi connectivity index (χ3v) is 12.6. The minimum absolute atomic E-state index is 0.0478. The lowest BCUT2D eigenvalue weighted by Gasteiger charge is -2.36. The van der Waals surface area contributed by atoms with Crippen LogP contribution in [0.3, 0.4) is 0 Å². The predicted octanol–water partition coefficient (Wildman–Crippen LogP) is 4.33. The molecule has 1 aromatic carbocycles. The van der Waals surface area contributed by atoms with Gasteiger partial charge in [0.2, 0.25) is 10.0 Å². The van der Waals surface area contributed by atoms with Gasteiger partial charge in [-0.25, -0.2) is 13.1 Å². The molecule has 1 saturated heterocycles. The number of carbonyl (C=O) groups is 1. The number of hydrogen-bond donors (Lipinski definition) is 1. The van der Waals surface area contributed by atoms with E-state index in [1.807, 2.05) is 0 Å². The van der Waals surface area contributed by atoms with Crippen LogP contribution in [0, 0.1) is 5.92 Å². The summed E-state index contributed by atoms with van der Waals surface area (Å²) in [5.41, 5.74) is 0.913. The van der Waals surface area contributed by atoms with E-state index in [-0.39, 0.29) is 35.5 Å². The number of sulfonamides is 1. The van der Waals surface area contributed by atoms with Gasteiger partial charge in [0.1, 0.15) is 0 Å². The van der Waals surface area contributed by atoms with Crippen molar-refractivity contribution in [1.82, 2.24) is 9.62 Å². The summed E-state index contributed by atoms with van der Waals surface area (Å²) in [4.78, 5) is 12.3. The second-order valence-corrected chi connectivity index (χ2v) is 16.7. The molecule has 0 saturated carbocycles. The van der Waals surface area contributed by atoms with E-state index in [0.717, 1.165) is 10.5 Å². The number of amides is 1. The predicted molar refractivity (Wildman–Crippen MR) is 124 cm³/mol. The fourth-order valence-electron chi connectivity index (χ4n) is 3.44. The summed E-state index contributed by atoms with van der Waals surface area (Å²) >= 11 is 0. The molecule has 0 aromatic heterocycles. The summed E-state index contributed by atoms with van der Waals surface area (Å²) < 4.78 is 71.3. The lowest BCUT2D eigenvalue weighted by atomic mass is 9.90. The average molecular weight is 509 g/mol. The molecule has 1 aliphatic heterocycles. The molecular weight excluding hydrogens is 473 g/mol. The Hall–Kier alpha value is -1.43. The maximum atomic E-state index is 12.6. The van der Waals surface area contributed by atoms with Gasteiger partial charge in [-0.15, -0.1) is 0 Å². The third-order valence-electron chi connectivity index (χ3n) is 6.57. The van der Waals surface area contributed by atoms with E-state index >= 15 is 0 Å². The van der Waals surface area contributed by atoms with E-state index in [1.165, 1.54) is 12.1 Å². The van der Waals surface area contributed by atoms with Crippen molar-refractivity contribution in [2.45, 2.75) is 69.2 Å². The number of alkyl halides is 3. The van der Waals surface area contributed by atoms with Crippen LogP contribution in [-0.2, 0) is 25.7 Å². The van der Waals surface area contributed by atoms with E-state index in [2.05, 4.69) is 38.6 Å². The van der Waals surface area contributed by atoms with E-state index in [1.54, 1.807) is 12.1 Å². The molecule has 1 aromatic rings. The first kappa shape index (κ1) is 27.8. The Morgan fingerprint density at radius 1 is 1.12 bits per heavy atom. The van der Waals surface area contributed by atoms with Crippen LogP contribution in [0.4, 0.5) is 13.2 Å². The SMILES string of the molecule is CC(C)(C)[Si](C)(C)OCCNS(=O)(=O)c1ccc(CC2CCN(C(=O)C(F)(F)F)CC2)cc1. The average Bonchev–Trinajstić information content (AvgIpc) is 2.70. The fourth-order valence-corrected chi connectivity index (χ4v) is 5.50. The Balaban J connectivity index is 1.84. The lowest BCUT2D eigenvalue weighted by molar-refractivity contribution is -0.186. The van der Waals surface area contributed by atoms with E-state index in [0.29, 0.717) is 25.9 Å². The molecule has 0 aliphatic carbocycles. The summed E-state index contributed by atoms with van der Waals surface area (Å²) in [5.74, 6) is -1.63. The Bertz CT molecular complexity index is 905. The highest BCUT2D eigenvalue weighted by Gasteiger charge is 2.43. The van der Waals surface area contributed by atoms with Crippen LogP contribution in [0.1, 0.15) is 39.2 Å². The van der Waals surface area contributed by atoms with Crippen molar-refractivity contribution in [3.8, 4) is 0 Å². The standard InChI is InChI=1S/C22H35F3N2O4SSi/c1-21(2,3)33(4,5)31-15-12-26-32(29,30)19-8-6-17(7-9-19)16-18-10-13-27(14-11-18)20(28)22(23,24)25/h6-9,18,26H,10-16H2,1-5H3. The summed E-state index contributed by atoms with van der Waals surface area (Å²) in [6.07, 6.45) is -3.24. The fraction of sp³-hybridized carbons (Fsp3) is 0.682. The summed E-state index contributed by atoms with van der Waals surface area (Å²) in [6, 6.07) is 6.53. The number of likely N-dealkylation sites (tertiary alicyclic amines) is 1. The molecule has 188 valence electrons. The highest BCUT2D eigenvalue weighted by molar-refractivity contribution is 7.89. The second-order valence-electron chi connectivity index (χ2n) is 10.1. The van der Waals surface area contributed by atoms with Crippen LogP contribution in [-0.4, -0.2) is 60.0 Å². The van der Waals surface area contributed by atoms with Crippen LogP contribution in [0.25, 0.3) is 0 Å². The van der Waals surface area contributed by atoms with Gasteiger partial charge in [0.05, 0.1) is 4.90 Å². The third kappa shape index (κ3) is 7.80. The summed E-state index contributed by atoms with van der Waals surface area (Å²) in [6.45, 7) is 11.2. The van der Waals surface area contributed by atoms with Gasteiger partial charge >= 0.3 is 12.1 Å². The molecule has 1 fully saturated rings. The molecular formula is C22H35F3N2O4SSi. The smallest absolute Gasteiger partial charge is 0.415 e.